The van der Waals surface area contributed by atoms with Crippen LogP contribution in [-0.2, 0) is 19.9 Å². The van der Waals surface area contributed by atoms with E-state index in [4.69, 9.17) is 4.98 Å². The lowest BCUT2D eigenvalue weighted by Crippen LogP contribution is -2.26. The smallest absolute Gasteiger partial charge is 0.202 e. The molecule has 0 bridgehead atoms. The summed E-state index contributed by atoms with van der Waals surface area (Å²) in [5.74, 6) is 1.38. The molecule has 1 aliphatic rings. The van der Waals surface area contributed by atoms with Gasteiger partial charge in [-0.25, -0.2) is 14.5 Å². The molecular formula is C19H22N6S. The third-order valence-electron chi connectivity index (χ3n) is 5.55. The molecule has 26 heavy (non-hydrogen) atoms. The van der Waals surface area contributed by atoms with Crippen LogP contribution < -0.4 is 0 Å². The number of fused-ring (bicyclic) bond motifs is 5. The Morgan fingerprint density at radius 1 is 1.23 bits per heavy atom. The number of rotatable bonds is 1. The second-order valence-electron chi connectivity index (χ2n) is 8.31. The molecule has 0 saturated carbocycles. The topological polar surface area (TPSA) is 60.9 Å². The van der Waals surface area contributed by atoms with Crippen molar-refractivity contribution >= 4 is 27.2 Å². The minimum Gasteiger partial charge on any atom is -0.275 e. The lowest BCUT2D eigenvalue weighted by Gasteiger charge is -2.33. The molecule has 4 aromatic heterocycles. The zero-order chi connectivity index (χ0) is 18.1. The molecule has 1 aliphatic carbocycles. The van der Waals surface area contributed by atoms with E-state index in [2.05, 4.69) is 36.0 Å². The number of hydrogen-bond donors (Lipinski definition) is 0. The van der Waals surface area contributed by atoms with Gasteiger partial charge in [0, 0.05) is 18.1 Å². The van der Waals surface area contributed by atoms with Gasteiger partial charge in [-0.2, -0.15) is 5.10 Å². The molecule has 0 N–H and O–H groups in total. The standard InChI is InChI=1S/C19H22N6S/c1-19(2,3)11-5-6-12-14(9-11)26-18-15(12)17-21-16(23-25(17)10-20-18)13-7-8-24(4)22-13/h7-8,10-11H,5-6,9H2,1-4H3. The Labute approximate surface area is 155 Å². The molecular weight excluding hydrogens is 344 g/mol. The molecule has 4 aromatic rings. The van der Waals surface area contributed by atoms with Crippen molar-refractivity contribution in [1.29, 1.82) is 0 Å². The van der Waals surface area contributed by atoms with Gasteiger partial charge in [0.05, 0.1) is 5.39 Å². The Bertz CT molecular complexity index is 1130. The molecule has 1 atom stereocenters. The molecule has 134 valence electrons. The van der Waals surface area contributed by atoms with Gasteiger partial charge in [0.15, 0.2) is 5.65 Å². The van der Waals surface area contributed by atoms with Gasteiger partial charge in [0.1, 0.15) is 16.9 Å². The third kappa shape index (κ3) is 2.37. The lowest BCUT2D eigenvalue weighted by molar-refractivity contribution is 0.218. The fraction of sp³-hybridized carbons (Fsp3) is 0.474. The Kier molecular flexibility index (Phi) is 3.28. The summed E-state index contributed by atoms with van der Waals surface area (Å²) >= 11 is 1.83. The van der Waals surface area contributed by atoms with Crippen LogP contribution in [0.1, 0.15) is 37.6 Å². The van der Waals surface area contributed by atoms with Crippen molar-refractivity contribution in [3.05, 3.63) is 29.0 Å². The van der Waals surface area contributed by atoms with E-state index in [0.717, 1.165) is 34.9 Å². The van der Waals surface area contributed by atoms with E-state index >= 15 is 0 Å². The SMILES string of the molecule is Cn1ccc(-c2nc3c4c5c(sc4ncn3n2)CC(C(C)(C)C)CC5)n1. The zero-order valence-corrected chi connectivity index (χ0v) is 16.3. The van der Waals surface area contributed by atoms with Crippen LogP contribution in [0.25, 0.3) is 27.4 Å². The van der Waals surface area contributed by atoms with Crippen molar-refractivity contribution in [2.24, 2.45) is 18.4 Å². The molecule has 0 saturated heterocycles. The predicted octanol–water partition coefficient (Wildman–Crippen LogP) is 3.89. The van der Waals surface area contributed by atoms with Crippen LogP contribution in [0.15, 0.2) is 18.6 Å². The van der Waals surface area contributed by atoms with Crippen LogP contribution in [0.4, 0.5) is 0 Å². The molecule has 0 radical (unpaired) electrons. The molecule has 5 rings (SSSR count). The highest BCUT2D eigenvalue weighted by atomic mass is 32.1. The Morgan fingerprint density at radius 2 is 2.08 bits per heavy atom. The summed E-state index contributed by atoms with van der Waals surface area (Å²) in [5.41, 5.74) is 3.48. The van der Waals surface area contributed by atoms with E-state index in [1.165, 1.54) is 22.2 Å². The summed E-state index contributed by atoms with van der Waals surface area (Å²) in [6, 6.07) is 1.94. The van der Waals surface area contributed by atoms with Crippen LogP contribution in [0.3, 0.4) is 0 Å². The molecule has 0 aliphatic heterocycles. The summed E-state index contributed by atoms with van der Waals surface area (Å²) in [4.78, 5) is 12.0. The Balaban J connectivity index is 1.67. The summed E-state index contributed by atoms with van der Waals surface area (Å²) in [6.45, 7) is 7.05. The van der Waals surface area contributed by atoms with Gasteiger partial charge in [-0.15, -0.1) is 16.4 Å². The van der Waals surface area contributed by atoms with Gasteiger partial charge >= 0.3 is 0 Å². The first-order valence-corrected chi connectivity index (χ1v) is 9.87. The van der Waals surface area contributed by atoms with E-state index in [0.29, 0.717) is 11.2 Å². The number of aromatic nitrogens is 6. The second-order valence-corrected chi connectivity index (χ2v) is 9.40. The first-order chi connectivity index (χ1) is 12.4. The van der Waals surface area contributed by atoms with Crippen molar-refractivity contribution in [1.82, 2.24) is 29.4 Å². The van der Waals surface area contributed by atoms with Crippen LogP contribution in [0.5, 0.6) is 0 Å². The van der Waals surface area contributed by atoms with Crippen LogP contribution in [0.2, 0.25) is 0 Å². The van der Waals surface area contributed by atoms with Gasteiger partial charge in [0.25, 0.3) is 0 Å². The largest absolute Gasteiger partial charge is 0.275 e. The van der Waals surface area contributed by atoms with E-state index in [1.807, 2.05) is 30.6 Å². The highest BCUT2D eigenvalue weighted by molar-refractivity contribution is 7.19. The number of hydrogen-bond acceptors (Lipinski definition) is 5. The van der Waals surface area contributed by atoms with Crippen molar-refractivity contribution in [2.45, 2.75) is 40.0 Å². The normalized spacial score (nSPS) is 17.9. The summed E-state index contributed by atoms with van der Waals surface area (Å²) < 4.78 is 3.57. The van der Waals surface area contributed by atoms with Gasteiger partial charge in [0.2, 0.25) is 5.82 Å². The highest BCUT2D eigenvalue weighted by Crippen LogP contribution is 2.43. The average molecular weight is 366 g/mol. The maximum atomic E-state index is 4.82. The minimum absolute atomic E-state index is 0.345. The monoisotopic (exact) mass is 366 g/mol. The summed E-state index contributed by atoms with van der Waals surface area (Å²) in [5, 5.41) is 10.2. The predicted molar refractivity (Wildman–Crippen MR) is 103 cm³/mol. The second kappa shape index (κ2) is 5.36. The summed E-state index contributed by atoms with van der Waals surface area (Å²) in [7, 11) is 1.90. The Morgan fingerprint density at radius 3 is 2.81 bits per heavy atom. The quantitative estimate of drug-likeness (QED) is 0.513. The van der Waals surface area contributed by atoms with E-state index in [-0.39, 0.29) is 0 Å². The minimum atomic E-state index is 0.345. The maximum absolute atomic E-state index is 4.82. The Hall–Kier alpha value is -2.28. The van der Waals surface area contributed by atoms with Crippen molar-refractivity contribution < 1.29 is 0 Å². The van der Waals surface area contributed by atoms with Crippen molar-refractivity contribution in [3.8, 4) is 11.5 Å². The van der Waals surface area contributed by atoms with Gasteiger partial charge in [-0.05, 0) is 42.2 Å². The summed E-state index contributed by atoms with van der Waals surface area (Å²) in [6.07, 6.45) is 7.16. The van der Waals surface area contributed by atoms with E-state index in [1.54, 1.807) is 15.5 Å². The molecule has 0 aromatic carbocycles. The average Bonchev–Trinajstić information content (AvgIpc) is 3.27. The van der Waals surface area contributed by atoms with E-state index < -0.39 is 0 Å². The molecule has 1 unspecified atom stereocenters. The lowest BCUT2D eigenvalue weighted by atomic mass is 9.72. The number of thiophene rings is 1. The van der Waals surface area contributed by atoms with Crippen LogP contribution >= 0.6 is 11.3 Å². The fourth-order valence-electron chi connectivity index (χ4n) is 3.96. The van der Waals surface area contributed by atoms with Gasteiger partial charge in [-0.3, -0.25) is 4.68 Å². The number of nitrogens with zero attached hydrogens (tertiary/aromatic N) is 6. The fourth-order valence-corrected chi connectivity index (χ4v) is 5.22. The van der Waals surface area contributed by atoms with Gasteiger partial charge in [-0.1, -0.05) is 20.8 Å². The maximum Gasteiger partial charge on any atom is 0.202 e. The van der Waals surface area contributed by atoms with E-state index in [9.17, 15) is 0 Å². The highest BCUT2D eigenvalue weighted by Gasteiger charge is 2.31. The molecule has 7 heteroatoms. The zero-order valence-electron chi connectivity index (χ0n) is 15.5. The van der Waals surface area contributed by atoms with Crippen LogP contribution in [-0.4, -0.2) is 29.4 Å². The van der Waals surface area contributed by atoms with Crippen molar-refractivity contribution in [3.63, 3.8) is 0 Å². The van der Waals surface area contributed by atoms with Crippen LogP contribution in [0, 0.1) is 11.3 Å². The molecule has 4 heterocycles. The number of aryl methyl sites for hydroxylation is 2. The first-order valence-electron chi connectivity index (χ1n) is 9.06. The van der Waals surface area contributed by atoms with Gasteiger partial charge < -0.3 is 0 Å². The molecule has 6 nitrogen and oxygen atoms in total. The molecule has 0 spiro atoms. The van der Waals surface area contributed by atoms with Crippen molar-refractivity contribution in [2.75, 3.05) is 0 Å². The molecule has 0 amide bonds. The third-order valence-corrected chi connectivity index (χ3v) is 6.72. The first kappa shape index (κ1) is 15.9. The molecule has 0 fully saturated rings.